The number of methoxy groups -OCH3 is 4. The maximum Gasteiger partial charge on any atom is 0.387 e. The maximum absolute atomic E-state index is 7.40. The molecule has 7 nitrogen and oxygen atoms in total. The second-order valence-corrected chi connectivity index (χ2v) is 19.8. The molecular weight excluding hydrogens is 900 g/mol. The molecule has 1 atom stereocenters. The van der Waals surface area contributed by atoms with E-state index in [9.17, 15) is 0 Å². The van der Waals surface area contributed by atoms with E-state index in [1.165, 1.54) is 24.8 Å². The van der Waals surface area contributed by atoms with Crippen molar-refractivity contribution in [2.24, 2.45) is 0 Å². The summed E-state index contributed by atoms with van der Waals surface area (Å²) in [5, 5.41) is 18.0. The molecule has 0 spiro atoms. The van der Waals surface area contributed by atoms with Crippen LogP contribution in [0, 0.1) is 0 Å². The zero-order valence-electron chi connectivity index (χ0n) is 40.8. The van der Waals surface area contributed by atoms with Gasteiger partial charge >= 0.3 is 8.24 Å². The molecule has 71 heavy (non-hydrogen) atoms. The van der Waals surface area contributed by atoms with Crippen molar-refractivity contribution >= 4 is 116 Å². The highest BCUT2D eigenvalue weighted by Gasteiger charge is 2.25. The normalized spacial score (nSPS) is 12.4. The van der Waals surface area contributed by atoms with Crippen molar-refractivity contribution < 1.29 is 31.9 Å². The molecule has 0 aliphatic heterocycles. The minimum Gasteiger partial charge on any atom is -0.496 e. The average molecular weight is 955 g/mol. The van der Waals surface area contributed by atoms with E-state index in [0.29, 0.717) is 35.2 Å². The second kappa shape index (κ2) is 18.7. The molecule has 0 saturated carbocycles. The molecule has 11 aromatic carbocycles. The fraction of sp³-hybridized carbons (Fsp3) is 0.206. The topological polar surface area (TPSA) is 72.4 Å². The first-order chi connectivity index (χ1) is 35.0. The third kappa shape index (κ3) is 7.62. The van der Waals surface area contributed by atoms with Gasteiger partial charge < -0.3 is 27.3 Å². The summed E-state index contributed by atoms with van der Waals surface area (Å²) in [6, 6.07) is 53.7. The van der Waals surface area contributed by atoms with Crippen LogP contribution in [0.3, 0.4) is 0 Å². The lowest BCUT2D eigenvalue weighted by Crippen LogP contribution is -1.95. The Labute approximate surface area is 413 Å². The van der Waals surface area contributed by atoms with E-state index in [-0.39, 0.29) is 0 Å². The summed E-state index contributed by atoms with van der Waals surface area (Å²) in [6.45, 7) is 2.81. The first kappa shape index (κ1) is 44.7. The third-order valence-corrected chi connectivity index (χ3v) is 15.9. The highest BCUT2D eigenvalue weighted by atomic mass is 31.1. The minimum absolute atomic E-state index is 0.475. The number of hydrogen-bond donors (Lipinski definition) is 0. The predicted octanol–water partition coefficient (Wildman–Crippen LogP) is 18.1. The van der Waals surface area contributed by atoms with Crippen LogP contribution in [-0.2, 0) is 0 Å². The van der Waals surface area contributed by atoms with Gasteiger partial charge in [-0.3, -0.25) is 4.52 Å². The first-order valence-corrected chi connectivity index (χ1v) is 25.8. The minimum atomic E-state index is -2.04. The van der Waals surface area contributed by atoms with Crippen molar-refractivity contribution in [3.8, 4) is 23.0 Å². The molecular formula is C63H55O7P. The molecule has 1 heterocycles. The van der Waals surface area contributed by atoms with E-state index < -0.39 is 8.24 Å². The van der Waals surface area contributed by atoms with Gasteiger partial charge in [-0.2, -0.15) is 0 Å². The van der Waals surface area contributed by atoms with E-state index in [2.05, 4.69) is 159 Å². The van der Waals surface area contributed by atoms with E-state index in [4.69, 9.17) is 31.9 Å². The predicted molar refractivity (Wildman–Crippen MR) is 297 cm³/mol. The Morgan fingerprint density at radius 3 is 1.32 bits per heavy atom. The van der Waals surface area contributed by atoms with Crippen LogP contribution < -0.4 is 23.5 Å². The van der Waals surface area contributed by atoms with Crippen LogP contribution in [-0.4, -0.2) is 35.0 Å². The van der Waals surface area contributed by atoms with Crippen molar-refractivity contribution in [3.05, 3.63) is 157 Å². The zero-order valence-corrected chi connectivity index (χ0v) is 41.7. The molecule has 0 amide bonds. The zero-order chi connectivity index (χ0) is 48.2. The molecule has 12 aromatic rings. The van der Waals surface area contributed by atoms with Crippen molar-refractivity contribution in [3.63, 3.8) is 0 Å². The van der Waals surface area contributed by atoms with Crippen LogP contribution in [0.25, 0.3) is 108 Å². The molecule has 0 saturated heterocycles. The summed E-state index contributed by atoms with van der Waals surface area (Å²) >= 11 is 0. The van der Waals surface area contributed by atoms with Crippen LogP contribution in [0.4, 0.5) is 0 Å². The highest BCUT2D eigenvalue weighted by Crippen LogP contribution is 2.52. The molecule has 0 aliphatic carbocycles. The summed E-state index contributed by atoms with van der Waals surface area (Å²) in [5.41, 5.74) is 2.72. The van der Waals surface area contributed by atoms with Gasteiger partial charge in [-0.25, -0.2) is 0 Å². The second-order valence-electron chi connectivity index (χ2n) is 18.8. The van der Waals surface area contributed by atoms with Gasteiger partial charge in [-0.05, 0) is 104 Å². The van der Waals surface area contributed by atoms with Crippen LogP contribution in [0.1, 0.15) is 56.9 Å². The van der Waals surface area contributed by atoms with E-state index in [0.717, 1.165) is 128 Å². The highest BCUT2D eigenvalue weighted by molar-refractivity contribution is 7.31. The van der Waals surface area contributed by atoms with Crippen LogP contribution >= 0.6 is 8.24 Å². The van der Waals surface area contributed by atoms with Crippen molar-refractivity contribution in [2.75, 3.05) is 35.0 Å². The maximum atomic E-state index is 7.40. The van der Waals surface area contributed by atoms with Gasteiger partial charge in [-0.15, -0.1) is 0 Å². The summed E-state index contributed by atoms with van der Waals surface area (Å²) in [4.78, 5) is 0. The van der Waals surface area contributed by atoms with Crippen LogP contribution in [0.2, 0.25) is 0 Å². The van der Waals surface area contributed by atoms with Crippen LogP contribution in [0.15, 0.2) is 160 Å². The van der Waals surface area contributed by atoms with Gasteiger partial charge in [0.2, 0.25) is 0 Å². The quantitative estimate of drug-likeness (QED) is 0.0794. The largest absolute Gasteiger partial charge is 0.496 e. The number of ether oxygens (including phenoxy) is 4. The molecule has 0 bridgehead atoms. The van der Waals surface area contributed by atoms with Gasteiger partial charge in [0.25, 0.3) is 0 Å². The standard InChI is InChI=1S/C63H55O7P/c1-38(39-19-11-9-12-20-39)18-10-7-6-8-17-33-68-71-69-62-48(34-54(66-4)50-36-52(64-2)46-31-29-42-27-25-40-21-13-15-23-44(40)56(42)58(46)60(50)62)49-35-55(67-5)51-37-53(65-3)47-32-30-43-28-26-41-22-14-16-24-45(41)57(43)59(47)61(51)63(49)70-71/h9,11-16,19-32,34-38H,6-8,10,17-18,33H2,1-5H3/t38-/m1/s1. The van der Waals surface area contributed by atoms with Gasteiger partial charge in [0, 0.05) is 53.9 Å². The van der Waals surface area contributed by atoms with Gasteiger partial charge in [-0.1, -0.05) is 148 Å². The Bertz CT molecular complexity index is 3850. The van der Waals surface area contributed by atoms with Crippen LogP contribution in [0.5, 0.6) is 23.0 Å². The van der Waals surface area contributed by atoms with E-state index in [1.54, 1.807) is 28.4 Å². The Morgan fingerprint density at radius 1 is 0.380 bits per heavy atom. The van der Waals surface area contributed by atoms with Crippen molar-refractivity contribution in [2.45, 2.75) is 51.4 Å². The lowest BCUT2D eigenvalue weighted by molar-refractivity contribution is 0.356. The number of rotatable bonds is 14. The number of hydrogen-bond acceptors (Lipinski definition) is 7. The molecule has 0 radical (unpaired) electrons. The van der Waals surface area contributed by atoms with E-state index >= 15 is 0 Å². The number of fused-ring (bicyclic) bond motifs is 19. The Kier molecular flexibility index (Phi) is 11.8. The van der Waals surface area contributed by atoms with Gasteiger partial charge in [0.15, 0.2) is 11.2 Å². The summed E-state index contributed by atoms with van der Waals surface area (Å²) < 4.78 is 47.0. The smallest absolute Gasteiger partial charge is 0.387 e. The lowest BCUT2D eigenvalue weighted by atomic mass is 9.90. The Hall–Kier alpha value is -7.44. The monoisotopic (exact) mass is 954 g/mol. The molecule has 354 valence electrons. The fourth-order valence-electron chi connectivity index (χ4n) is 11.3. The molecule has 1 aromatic heterocycles. The molecule has 0 fully saturated rings. The number of unbranched alkanes of at least 4 members (excludes halogenated alkanes) is 4. The SMILES string of the molecule is COc1cc2c3cc(OC)c4cc(OC)c5ccc6ccc7ccccc7c6c5c4c3op(OCCCCCCC[C@@H](C)c3ccccc3)oc2c2c1cc(OC)c1ccc3ccc4ccccc4c3c12. The molecule has 0 aliphatic rings. The van der Waals surface area contributed by atoms with Crippen molar-refractivity contribution in [1.82, 2.24) is 0 Å². The van der Waals surface area contributed by atoms with Gasteiger partial charge in [0.1, 0.15) is 23.0 Å². The summed E-state index contributed by atoms with van der Waals surface area (Å²) in [6.07, 6.45) is 6.61. The average Bonchev–Trinajstić information content (AvgIpc) is 3.58. The lowest BCUT2D eigenvalue weighted by Gasteiger charge is -2.17. The molecule has 8 heteroatoms. The van der Waals surface area contributed by atoms with Crippen molar-refractivity contribution in [1.29, 1.82) is 0 Å². The Morgan fingerprint density at radius 2 is 0.803 bits per heavy atom. The summed E-state index contributed by atoms with van der Waals surface area (Å²) in [7, 11) is 4.87. The number of benzene rings is 11. The molecule has 12 rings (SSSR count). The Balaban J connectivity index is 1.15. The first-order valence-electron chi connectivity index (χ1n) is 24.7. The fourth-order valence-corrected chi connectivity index (χ4v) is 12.4. The third-order valence-electron chi connectivity index (χ3n) is 14.8. The molecule has 0 N–H and O–H groups in total. The van der Waals surface area contributed by atoms with E-state index in [1.807, 2.05) is 0 Å². The molecule has 0 unspecified atom stereocenters. The van der Waals surface area contributed by atoms with Gasteiger partial charge in [0.05, 0.1) is 35.0 Å². The summed E-state index contributed by atoms with van der Waals surface area (Å²) in [5.74, 6) is 3.38.